The second-order valence-electron chi connectivity index (χ2n) is 39.3. The number of rotatable bonds is 87. The van der Waals surface area contributed by atoms with E-state index in [1.165, 1.54) is 64.7 Å². The third-order valence-electron chi connectivity index (χ3n) is 24.8. The van der Waals surface area contributed by atoms with Crippen LogP contribution < -0.4 is 106 Å². The number of carboxylic acid groups (broad SMARTS) is 2. The molecule has 0 heterocycles. The Morgan fingerprint density at radius 2 is 0.604 bits per heavy atom. The average molecular weight is 2040 g/mol. The number of Topliss-reactive ketones (excluding diaryl/α,β-unsaturated/α-hetero) is 7. The zero-order valence-electron chi connectivity index (χ0n) is 88.1. The van der Waals surface area contributed by atoms with Crippen LogP contribution in [-0.4, -0.2) is 233 Å². The summed E-state index contributed by atoms with van der Waals surface area (Å²) in [5, 5.41) is 47.8. The molecule has 0 unspecified atom stereocenters. The van der Waals surface area contributed by atoms with Gasteiger partial charge < -0.3 is 126 Å². The summed E-state index contributed by atoms with van der Waals surface area (Å²) in [6.07, 6.45) is 15.7. The van der Waals surface area contributed by atoms with Gasteiger partial charge in [0, 0.05) is 139 Å². The molecule has 0 aliphatic carbocycles. The molecule has 0 radical (unpaired) electrons. The number of carbonyl (C=O) groups is 17. The number of aliphatic carboxylic acids is 2. The number of hydrogen-bond donors (Lipinski definition) is 22. The fourth-order valence-corrected chi connectivity index (χ4v) is 16.7. The molecule has 0 aromatic carbocycles. The molecule has 44 heteroatoms. The summed E-state index contributed by atoms with van der Waals surface area (Å²) in [6, 6.07) is -6.85. The van der Waals surface area contributed by atoms with Crippen molar-refractivity contribution in [1.82, 2.24) is 37.2 Å². The minimum Gasteiger partial charge on any atom is -0.481 e. The van der Waals surface area contributed by atoms with Crippen LogP contribution in [0.15, 0.2) is 25.0 Å². The van der Waals surface area contributed by atoms with Crippen LogP contribution in [0, 0.1) is 65.1 Å². The molecule has 0 rings (SSSR count). The lowest BCUT2D eigenvalue weighted by Gasteiger charge is -2.28. The van der Waals surface area contributed by atoms with Crippen LogP contribution in [0.25, 0.3) is 0 Å². The van der Waals surface area contributed by atoms with Gasteiger partial charge in [0.25, 0.3) is 0 Å². The quantitative estimate of drug-likeness (QED) is 0.0229. The van der Waals surface area contributed by atoms with E-state index in [4.69, 9.17) is 68.8 Å². The smallest absolute Gasteiger partial charge is 0.303 e. The molecule has 34 N–H and O–H groups in total. The Kier molecular flexibility index (Phi) is 74.8. The predicted molar refractivity (Wildman–Crippen MR) is 558 cm³/mol. The maximum atomic E-state index is 14.8. The predicted octanol–water partition coefficient (Wildman–Crippen LogP) is 4.34. The van der Waals surface area contributed by atoms with Crippen molar-refractivity contribution < 1.29 is 96.8 Å². The summed E-state index contributed by atoms with van der Waals surface area (Å²) in [5.41, 5.74) is 66.9. The van der Waals surface area contributed by atoms with Crippen LogP contribution in [0.4, 0.5) is 0 Å². The molecule has 0 aromatic heterocycles. The first-order valence-electron chi connectivity index (χ1n) is 52.0. The third kappa shape index (κ3) is 67.3. The maximum Gasteiger partial charge on any atom is 0.303 e. The van der Waals surface area contributed by atoms with Crippen molar-refractivity contribution in [1.29, 1.82) is 0 Å². The topological polar surface area (TPSA) is 809 Å². The number of nitrogens with zero attached hydrogens (tertiary/aromatic N) is 5. The van der Waals surface area contributed by atoms with Crippen molar-refractivity contribution in [3.8, 4) is 0 Å². The van der Waals surface area contributed by atoms with Gasteiger partial charge in [-0.1, -0.05) is 152 Å². The molecule has 0 bridgehead atoms. The number of amides is 8. The van der Waals surface area contributed by atoms with Gasteiger partial charge in [-0.25, -0.2) is 0 Å². The summed E-state index contributed by atoms with van der Waals surface area (Å²) in [4.78, 5) is 249. The van der Waals surface area contributed by atoms with Crippen molar-refractivity contribution in [2.24, 2.45) is 159 Å². The van der Waals surface area contributed by atoms with Crippen LogP contribution in [0.1, 0.15) is 346 Å². The molecule has 0 saturated carbocycles. The summed E-state index contributed by atoms with van der Waals surface area (Å²) < 4.78 is 0. The normalized spacial score (nSPS) is 14.1. The molecule has 8 amide bonds. The van der Waals surface area contributed by atoms with E-state index < -0.39 is 192 Å². The third-order valence-corrected chi connectivity index (χ3v) is 24.8. The molecule has 0 aliphatic rings. The van der Waals surface area contributed by atoms with Gasteiger partial charge in [0.15, 0.2) is 64.5 Å². The van der Waals surface area contributed by atoms with E-state index in [1.807, 2.05) is 48.5 Å². The molecule has 44 nitrogen and oxygen atoms in total. The minimum absolute atomic E-state index is 0.00538. The van der Waals surface area contributed by atoms with Gasteiger partial charge in [0.1, 0.15) is 5.78 Å². The number of hydrogen-bond acceptors (Lipinski definition) is 24. The number of aliphatic hydroxyl groups is 1. The Balaban J connectivity index is 0. The highest BCUT2D eigenvalue weighted by molar-refractivity contribution is 6.00. The highest BCUT2D eigenvalue weighted by Gasteiger charge is 2.39. The molecule has 0 fully saturated rings. The van der Waals surface area contributed by atoms with Crippen molar-refractivity contribution >= 4 is 129 Å². The summed E-state index contributed by atoms with van der Waals surface area (Å²) >= 11 is 0. The Bertz CT molecular complexity index is 4030. The van der Waals surface area contributed by atoms with E-state index >= 15 is 0 Å². The largest absolute Gasteiger partial charge is 0.481 e. The minimum atomic E-state index is -1.27. The van der Waals surface area contributed by atoms with Crippen molar-refractivity contribution in [2.75, 3.05) is 52.4 Å². The first-order chi connectivity index (χ1) is 68.0. The lowest BCUT2D eigenvalue weighted by Crippen LogP contribution is -2.49. The van der Waals surface area contributed by atoms with Crippen molar-refractivity contribution in [3.63, 3.8) is 0 Å². The number of carbonyl (C=O) groups excluding carboxylic acids is 15. The molecule has 144 heavy (non-hydrogen) atoms. The number of unbranched alkanes of at least 4 members (excludes halogenated alkanes) is 13. The highest BCUT2D eigenvalue weighted by Crippen LogP contribution is 2.28. The maximum absolute atomic E-state index is 14.8. The van der Waals surface area contributed by atoms with Gasteiger partial charge >= 0.3 is 11.9 Å². The number of nitrogens with one attached hydrogen (secondary N) is 7. The summed E-state index contributed by atoms with van der Waals surface area (Å²) in [6.45, 7) is 20.5. The van der Waals surface area contributed by atoms with E-state index in [2.05, 4.69) is 69.1 Å². The number of ketones is 7. The fraction of sp³-hybridized carbons (Fsp3) is 0.780. The lowest BCUT2D eigenvalue weighted by atomic mass is 9.86. The monoisotopic (exact) mass is 2040 g/mol. The average Bonchev–Trinajstić information content (AvgIpc) is 0.849. The molecule has 0 aliphatic heterocycles. The zero-order valence-corrected chi connectivity index (χ0v) is 88.1. The second kappa shape index (κ2) is 80.0. The van der Waals surface area contributed by atoms with E-state index in [-0.39, 0.29) is 239 Å². The Hall–Kier alpha value is -11.3. The fourth-order valence-electron chi connectivity index (χ4n) is 16.7. The number of aliphatic imine (C=N–C) groups is 5. The van der Waals surface area contributed by atoms with Gasteiger partial charge in [-0.05, 0) is 160 Å². The standard InChI is InChI=1S/C58H108N18O11.C42H76N6O9/c1-33(2)24-39(27-36(7)78)53(86)75-43(17-12-22-71-57(65)66)46(79)28-37(14-8-9-19-59)51(84)73-42(16-11-21-70-56(63)64)47(80)29-38(15-10-20-69-55(61)62)52(85)74-44(18-13-23-72-58(67)68)48(81)30-40(25-34(3)4)54(87)76-45(26-35(5)6)49(82)31-41(32-77)50(60)83;1-5-8-9-10-11-12-13-14-15-16-17-18-19-22-36(51)47-33(24-26-38(54)55)34(49)28-31(21-20-27-46-42(43)44)41(57)48-39(30(4)6-2)35(50)29-32(23-25-37(52)53)40(56)45-7-3/h33-35,37-45,77H,8-32,59H2,1-7H3,(H2,60,83)(H,73,84)(H,74,85)(H,75,86)(H,76,87)(H4,61,62,69)(H4,63,64,70)(H4,65,66,71)(H4,67,68,72);30-33,39H,5-29H2,1-4H3,(H,45,56)(H,47,51)(H,48,57)(H,52,53)(H,54,55)(H4,43,44,46)/t37-,38-,39-,40-,41+,42+,43+,44+,45+;30-,31+,32+,33-,39-/m10/s1. The van der Waals surface area contributed by atoms with E-state index in [0.29, 0.717) is 45.1 Å². The summed E-state index contributed by atoms with van der Waals surface area (Å²) in [5.74, 6) is -18.8. The molecule has 0 spiro atoms. The van der Waals surface area contributed by atoms with Gasteiger partial charge in [0.2, 0.25) is 47.3 Å². The Morgan fingerprint density at radius 1 is 0.299 bits per heavy atom. The van der Waals surface area contributed by atoms with E-state index in [0.717, 1.165) is 19.3 Å². The molecule has 14 atom stereocenters. The first kappa shape index (κ1) is 135. The number of carboxylic acids is 2. The van der Waals surface area contributed by atoms with Crippen LogP contribution in [0.5, 0.6) is 0 Å². The van der Waals surface area contributed by atoms with E-state index in [9.17, 15) is 96.8 Å². The number of guanidine groups is 5. The van der Waals surface area contributed by atoms with Crippen LogP contribution in [0.3, 0.4) is 0 Å². The molecular formula is C100H184N24O20. The van der Waals surface area contributed by atoms with Gasteiger partial charge in [-0.15, -0.1) is 0 Å². The van der Waals surface area contributed by atoms with Gasteiger partial charge in [-0.3, -0.25) is 102 Å². The lowest BCUT2D eigenvalue weighted by molar-refractivity contribution is -0.139. The summed E-state index contributed by atoms with van der Waals surface area (Å²) in [7, 11) is 0. The molecule has 0 saturated heterocycles. The van der Waals surface area contributed by atoms with Gasteiger partial charge in [-0.2, -0.15) is 0 Å². The first-order valence-corrected chi connectivity index (χ1v) is 52.0. The number of aliphatic hydroxyl groups excluding tert-OH is 1. The highest BCUT2D eigenvalue weighted by atomic mass is 16.4. The Labute approximate surface area is 852 Å². The molecule has 824 valence electrons. The SMILES string of the molecule is CC(=O)C[C@@H](CC(C)C)C(=O)N[C@@H](CCCN=C(N)N)C(=O)C[C@@H](CCCCN)C(=O)N[C@@H](CCCN=C(N)N)C(=O)C[C@@H](CCCN=C(N)N)C(=O)N[C@@H](CCCN=C(N)N)C(=O)C[C@@H](CC(C)C)C(=O)N[C@@H](CC(C)C)C(=O)C[C@@H](CO)C(N)=O.CCCCCCCCCCCCCCCC(=O)N[C@@H](CCC(=O)O)C(=O)C[C@@H](CCCN=C(N)N)C(=O)N[C@H](C(=O)C[C@@H](CCC(=O)O)C(=O)NCC)[C@@H](C)CC. The van der Waals surface area contributed by atoms with Gasteiger partial charge in [0.05, 0.1) is 48.8 Å². The van der Waals surface area contributed by atoms with Crippen molar-refractivity contribution in [2.45, 2.75) is 382 Å². The molecule has 0 aromatic rings. The zero-order chi connectivity index (χ0) is 109. The van der Waals surface area contributed by atoms with E-state index in [1.54, 1.807) is 13.8 Å². The molecular weight excluding hydrogens is 1860 g/mol. The second-order valence-corrected chi connectivity index (χ2v) is 39.3. The number of primary amides is 1. The van der Waals surface area contributed by atoms with Crippen LogP contribution in [0.2, 0.25) is 0 Å². The van der Waals surface area contributed by atoms with Crippen LogP contribution in [-0.2, 0) is 81.5 Å². The number of nitrogens with two attached hydrogens (primary N) is 12. The Morgan fingerprint density at radius 3 is 0.944 bits per heavy atom. The van der Waals surface area contributed by atoms with Crippen molar-refractivity contribution in [3.05, 3.63) is 0 Å². The van der Waals surface area contributed by atoms with Crippen LogP contribution >= 0.6 is 0 Å².